The minimum absolute atomic E-state index is 0.212. The Morgan fingerprint density at radius 3 is 2.36 bits per heavy atom. The van der Waals surface area contributed by atoms with Crippen molar-refractivity contribution in [3.8, 4) is 0 Å². The van der Waals surface area contributed by atoms with Crippen LogP contribution in [0.5, 0.6) is 0 Å². The number of thiol groups is 2. The molecule has 0 aliphatic heterocycles. The van der Waals surface area contributed by atoms with Crippen LogP contribution in [0.15, 0.2) is 0 Å². The third kappa shape index (κ3) is 4.93. The van der Waals surface area contributed by atoms with Gasteiger partial charge in [-0.2, -0.15) is 12.6 Å². The Balaban J connectivity index is 3.54. The average Bonchev–Trinajstić information content (AvgIpc) is 1.99. The number of rotatable bonds is 2. The zero-order valence-corrected chi connectivity index (χ0v) is 7.05. The lowest BCUT2D eigenvalue weighted by molar-refractivity contribution is -0.259. The van der Waals surface area contributed by atoms with Crippen LogP contribution in [-0.4, -0.2) is 28.2 Å². The quantitative estimate of drug-likeness (QED) is 0.234. The number of hydrogen-bond acceptors (Lipinski definition) is 7. The molecule has 0 bridgehead atoms. The molecule has 0 rings (SSSR count). The third-order valence-electron chi connectivity index (χ3n) is 0.557. The van der Waals surface area contributed by atoms with Gasteiger partial charge in [0.05, 0.1) is 5.75 Å². The lowest BCUT2D eigenvalue weighted by Gasteiger charge is -2.01. The van der Waals surface area contributed by atoms with Gasteiger partial charge in [0.15, 0.2) is 5.44 Å². The maximum absolute atomic E-state index is 10.3. The molecule has 11 heavy (non-hydrogen) atoms. The van der Waals surface area contributed by atoms with Crippen LogP contribution in [0.4, 0.5) is 0 Å². The second kappa shape index (κ2) is 5.28. The van der Waals surface area contributed by atoms with Crippen molar-refractivity contribution in [1.29, 1.82) is 0 Å². The topological polar surface area (TPSA) is 72.8 Å². The Labute approximate surface area is 73.4 Å². The summed E-state index contributed by atoms with van der Waals surface area (Å²) in [6, 6.07) is 0. The maximum atomic E-state index is 10.3. The molecule has 0 fully saturated rings. The van der Waals surface area contributed by atoms with Gasteiger partial charge in [0.2, 0.25) is 0 Å². The highest BCUT2D eigenvalue weighted by Gasteiger charge is 2.14. The lowest BCUT2D eigenvalue weighted by atomic mass is 10.7. The Hall–Kier alpha value is -0.400. The van der Waals surface area contributed by atoms with Gasteiger partial charge >= 0.3 is 11.9 Å². The Morgan fingerprint density at radius 1 is 1.45 bits per heavy atom. The van der Waals surface area contributed by atoms with Crippen LogP contribution in [0.2, 0.25) is 0 Å². The van der Waals surface area contributed by atoms with Crippen molar-refractivity contribution in [2.45, 2.75) is 5.44 Å². The largest absolute Gasteiger partial charge is 0.393 e. The SMILES string of the molecule is O=C(CS)OOC(=O)C(O)S. The van der Waals surface area contributed by atoms with Crippen LogP contribution in [0.25, 0.3) is 0 Å². The summed E-state index contributed by atoms with van der Waals surface area (Å²) in [5, 5.41) is 8.39. The van der Waals surface area contributed by atoms with Crippen molar-refractivity contribution in [2.75, 3.05) is 5.75 Å². The number of carbonyl (C=O) groups is 2. The molecule has 0 saturated carbocycles. The molecule has 5 nitrogen and oxygen atoms in total. The summed E-state index contributed by atoms with van der Waals surface area (Å²) in [5.74, 6) is -2.19. The molecule has 0 aliphatic rings. The highest BCUT2D eigenvalue weighted by atomic mass is 32.1. The molecule has 1 N–H and O–H groups in total. The van der Waals surface area contributed by atoms with Crippen LogP contribution in [0.3, 0.4) is 0 Å². The number of aliphatic hydroxyl groups is 1. The second-order valence-corrected chi connectivity index (χ2v) is 2.19. The molecule has 64 valence electrons. The van der Waals surface area contributed by atoms with Gasteiger partial charge < -0.3 is 5.11 Å². The Kier molecular flexibility index (Phi) is 5.08. The normalized spacial score (nSPS) is 11.9. The summed E-state index contributed by atoms with van der Waals surface area (Å²) < 4.78 is 0. The van der Waals surface area contributed by atoms with Crippen molar-refractivity contribution in [1.82, 2.24) is 0 Å². The molecule has 0 aromatic rings. The van der Waals surface area contributed by atoms with Gasteiger partial charge in [0, 0.05) is 0 Å². The standard InChI is InChI=1S/C4H6O5S2/c5-2(1-10)8-9-3(6)4(7)11/h4,7,10-11H,1H2. The molecule has 0 aromatic heterocycles. The van der Waals surface area contributed by atoms with E-state index in [1.54, 1.807) is 0 Å². The predicted octanol–water partition coefficient (Wildman–Crippen LogP) is -0.834. The van der Waals surface area contributed by atoms with Gasteiger partial charge in [-0.25, -0.2) is 19.4 Å². The van der Waals surface area contributed by atoms with E-state index < -0.39 is 17.4 Å². The summed E-state index contributed by atoms with van der Waals surface area (Å²) in [7, 11) is 0. The summed E-state index contributed by atoms with van der Waals surface area (Å²) in [6.07, 6.45) is 0. The van der Waals surface area contributed by atoms with Gasteiger partial charge in [-0.1, -0.05) is 0 Å². The molecule has 7 heteroatoms. The van der Waals surface area contributed by atoms with E-state index in [1.165, 1.54) is 0 Å². The van der Waals surface area contributed by atoms with E-state index in [0.717, 1.165) is 0 Å². The van der Waals surface area contributed by atoms with E-state index in [-0.39, 0.29) is 5.75 Å². The molecule has 1 atom stereocenters. The first-order chi connectivity index (χ1) is 5.07. The number of aliphatic hydroxyl groups excluding tert-OH is 1. The molecule has 0 saturated heterocycles. The molecular weight excluding hydrogens is 192 g/mol. The van der Waals surface area contributed by atoms with E-state index in [1.807, 2.05) is 0 Å². The van der Waals surface area contributed by atoms with E-state index in [9.17, 15) is 9.59 Å². The fourth-order valence-corrected chi connectivity index (χ4v) is 0.253. The van der Waals surface area contributed by atoms with Gasteiger partial charge in [0.1, 0.15) is 0 Å². The lowest BCUT2D eigenvalue weighted by Crippen LogP contribution is -2.20. The van der Waals surface area contributed by atoms with E-state index in [2.05, 4.69) is 35.0 Å². The predicted molar refractivity (Wildman–Crippen MR) is 41.0 cm³/mol. The van der Waals surface area contributed by atoms with Gasteiger partial charge in [-0.3, -0.25) is 0 Å². The van der Waals surface area contributed by atoms with Crippen LogP contribution < -0.4 is 0 Å². The zero-order valence-electron chi connectivity index (χ0n) is 5.26. The molecule has 0 amide bonds. The van der Waals surface area contributed by atoms with Crippen molar-refractivity contribution < 1.29 is 24.5 Å². The van der Waals surface area contributed by atoms with Crippen molar-refractivity contribution >= 4 is 37.2 Å². The smallest absolute Gasteiger partial charge is 0.372 e. The summed E-state index contributed by atoms with van der Waals surface area (Å²) in [4.78, 5) is 28.2. The third-order valence-corrected chi connectivity index (χ3v) is 1.03. The van der Waals surface area contributed by atoms with Crippen LogP contribution >= 0.6 is 25.3 Å². The monoisotopic (exact) mass is 198 g/mol. The minimum atomic E-state index is -1.61. The molecule has 0 aromatic carbocycles. The maximum Gasteiger partial charge on any atom is 0.393 e. The van der Waals surface area contributed by atoms with E-state index in [0.29, 0.717) is 0 Å². The van der Waals surface area contributed by atoms with Crippen molar-refractivity contribution in [3.05, 3.63) is 0 Å². The summed E-state index contributed by atoms with van der Waals surface area (Å²) in [6.45, 7) is 0. The molecule has 0 spiro atoms. The molecule has 1 unspecified atom stereocenters. The fraction of sp³-hybridized carbons (Fsp3) is 0.500. The van der Waals surface area contributed by atoms with Crippen LogP contribution in [-0.2, 0) is 19.4 Å². The van der Waals surface area contributed by atoms with Gasteiger partial charge in [-0.15, -0.1) is 12.6 Å². The average molecular weight is 198 g/mol. The van der Waals surface area contributed by atoms with E-state index in [4.69, 9.17) is 5.11 Å². The zero-order chi connectivity index (χ0) is 8.85. The van der Waals surface area contributed by atoms with E-state index >= 15 is 0 Å². The van der Waals surface area contributed by atoms with Gasteiger partial charge in [-0.05, 0) is 0 Å². The fourth-order valence-electron chi connectivity index (χ4n) is 0.157. The number of hydrogen-bond donors (Lipinski definition) is 3. The Morgan fingerprint density at radius 2 is 2.00 bits per heavy atom. The Bertz CT molecular complexity index is 157. The van der Waals surface area contributed by atoms with Crippen molar-refractivity contribution in [3.63, 3.8) is 0 Å². The first kappa shape index (κ1) is 10.6. The summed E-state index contributed by atoms with van der Waals surface area (Å²) in [5.41, 5.74) is -1.61. The first-order valence-electron chi connectivity index (χ1n) is 2.46. The second-order valence-electron chi connectivity index (χ2n) is 1.39. The van der Waals surface area contributed by atoms with Crippen LogP contribution in [0, 0.1) is 0 Å². The number of carbonyl (C=O) groups excluding carboxylic acids is 2. The van der Waals surface area contributed by atoms with Crippen molar-refractivity contribution in [2.24, 2.45) is 0 Å². The summed E-state index contributed by atoms with van der Waals surface area (Å²) >= 11 is 6.82. The highest BCUT2D eigenvalue weighted by molar-refractivity contribution is 7.81. The van der Waals surface area contributed by atoms with Gasteiger partial charge in [0.25, 0.3) is 0 Å². The van der Waals surface area contributed by atoms with Crippen LogP contribution in [0.1, 0.15) is 0 Å². The highest BCUT2D eigenvalue weighted by Crippen LogP contribution is 1.94. The molecule has 0 radical (unpaired) electrons. The minimum Gasteiger partial charge on any atom is -0.372 e. The molecule has 0 heterocycles. The molecule has 0 aliphatic carbocycles. The first-order valence-corrected chi connectivity index (χ1v) is 3.61. The molecular formula is C4H6O5S2.